The molecular formula is C31H47ClN4O8. The predicted octanol–water partition coefficient (Wildman–Crippen LogP) is 2.25. The number of halogens is 1. The van der Waals surface area contributed by atoms with Gasteiger partial charge in [-0.05, 0) is 64.0 Å². The summed E-state index contributed by atoms with van der Waals surface area (Å²) in [5, 5.41) is 40.0. The molecule has 0 radical (unpaired) electrons. The summed E-state index contributed by atoms with van der Waals surface area (Å²) < 4.78 is 0. The highest BCUT2D eigenvalue weighted by Crippen LogP contribution is 2.31. The van der Waals surface area contributed by atoms with E-state index >= 15 is 0 Å². The number of piperazine rings is 1. The van der Waals surface area contributed by atoms with E-state index in [4.69, 9.17) is 27.5 Å². The van der Waals surface area contributed by atoms with E-state index < -0.39 is 24.1 Å². The molecule has 0 unspecified atom stereocenters. The normalized spacial score (nSPS) is 22.6. The first-order valence-electron chi connectivity index (χ1n) is 14.9. The molecule has 1 saturated heterocycles. The summed E-state index contributed by atoms with van der Waals surface area (Å²) in [6, 6.07) is 6.77. The van der Waals surface area contributed by atoms with Crippen LogP contribution >= 0.6 is 11.6 Å². The van der Waals surface area contributed by atoms with Gasteiger partial charge in [-0.25, -0.2) is 9.59 Å². The van der Waals surface area contributed by atoms with Crippen molar-refractivity contribution in [3.05, 3.63) is 41.4 Å². The Labute approximate surface area is 263 Å². The second-order valence-corrected chi connectivity index (χ2v) is 12.9. The second-order valence-electron chi connectivity index (χ2n) is 12.5. The minimum absolute atomic E-state index is 0.0400. The number of nitrogens with two attached hydrogens (primary N) is 1. The number of para-hydroxylation sites is 1. The lowest BCUT2D eigenvalue weighted by atomic mass is 9.86. The van der Waals surface area contributed by atoms with E-state index in [0.717, 1.165) is 12.8 Å². The fraction of sp³-hybridized carbons (Fsp3) is 0.613. The van der Waals surface area contributed by atoms with Crippen molar-refractivity contribution in [2.45, 2.75) is 89.6 Å². The molecule has 0 spiro atoms. The van der Waals surface area contributed by atoms with Crippen LogP contribution in [0.2, 0.25) is 5.02 Å². The Kier molecular flexibility index (Phi) is 14.3. The maximum atomic E-state index is 13.0. The standard InChI is InChI=1S/C27H43ClN4O4.C4H4O4/c1-17(2)20(26(36)30-18-9-11-19(33)12-10-18)13-24(34)22(29)14-31-15-25(35)32(16-27(31,3)4)23-8-6-5-7-21(23)28;5-3(6)1-2-4(7)8/h5-8,17-20,22,24,33-34H,9-16,29H2,1-4H3,(H,30,36);1-2H,(H,5,6)(H,7,8)/b;2-1+/t18?,19?,20-,22-,24-;/m0./s1. The molecule has 13 heteroatoms. The quantitative estimate of drug-likeness (QED) is 0.196. The average molecular weight is 639 g/mol. The molecule has 2 fully saturated rings. The summed E-state index contributed by atoms with van der Waals surface area (Å²) in [6.07, 6.45) is 3.14. The number of carboxylic acids is 2. The Balaban J connectivity index is 0.000000742. The van der Waals surface area contributed by atoms with E-state index in [1.807, 2.05) is 50.8 Å². The van der Waals surface area contributed by atoms with Crippen molar-refractivity contribution in [2.24, 2.45) is 17.6 Å². The topological polar surface area (TPSA) is 194 Å². The molecule has 44 heavy (non-hydrogen) atoms. The van der Waals surface area contributed by atoms with Crippen molar-refractivity contribution in [3.8, 4) is 0 Å². The molecule has 3 atom stereocenters. The zero-order chi connectivity index (χ0) is 33.2. The van der Waals surface area contributed by atoms with Crippen molar-refractivity contribution in [1.29, 1.82) is 0 Å². The first-order valence-corrected chi connectivity index (χ1v) is 15.3. The lowest BCUT2D eigenvalue weighted by Gasteiger charge is -2.48. The number of carbonyl (C=O) groups excluding carboxylic acids is 2. The molecule has 1 heterocycles. The number of aliphatic carboxylic acids is 2. The summed E-state index contributed by atoms with van der Waals surface area (Å²) >= 11 is 6.34. The van der Waals surface area contributed by atoms with Crippen molar-refractivity contribution in [3.63, 3.8) is 0 Å². The third kappa shape index (κ3) is 11.5. The molecular weight excluding hydrogens is 592 g/mol. The van der Waals surface area contributed by atoms with Gasteiger partial charge in [0.05, 0.1) is 29.5 Å². The van der Waals surface area contributed by atoms with Gasteiger partial charge < -0.3 is 36.4 Å². The largest absolute Gasteiger partial charge is 0.478 e. The number of nitrogens with one attached hydrogen (secondary N) is 1. The number of anilines is 1. The Morgan fingerprint density at radius 1 is 1.09 bits per heavy atom. The van der Waals surface area contributed by atoms with E-state index in [1.165, 1.54) is 0 Å². The van der Waals surface area contributed by atoms with Crippen LogP contribution in [0.25, 0.3) is 0 Å². The highest BCUT2D eigenvalue weighted by molar-refractivity contribution is 6.33. The van der Waals surface area contributed by atoms with Gasteiger partial charge >= 0.3 is 11.9 Å². The van der Waals surface area contributed by atoms with Crippen molar-refractivity contribution in [2.75, 3.05) is 24.5 Å². The summed E-state index contributed by atoms with van der Waals surface area (Å²) in [4.78, 5) is 48.9. The smallest absolute Gasteiger partial charge is 0.328 e. The SMILES string of the molecule is CC(C)[C@H](C[C@H](O)[C@@H](N)CN1CC(=O)N(c2ccccc2Cl)CC1(C)C)C(=O)NC1CCC(O)CC1.O=C(O)/C=C/C(=O)O. The van der Waals surface area contributed by atoms with Crippen LogP contribution in [0, 0.1) is 11.8 Å². The van der Waals surface area contributed by atoms with Gasteiger partial charge in [0.25, 0.3) is 0 Å². The molecule has 2 aliphatic rings. The van der Waals surface area contributed by atoms with Crippen LogP contribution in [0.15, 0.2) is 36.4 Å². The maximum Gasteiger partial charge on any atom is 0.328 e. The van der Waals surface area contributed by atoms with Gasteiger partial charge in [0, 0.05) is 48.8 Å². The van der Waals surface area contributed by atoms with Gasteiger partial charge in [-0.2, -0.15) is 0 Å². The Morgan fingerprint density at radius 3 is 2.18 bits per heavy atom. The minimum atomic E-state index is -1.26. The molecule has 12 nitrogen and oxygen atoms in total. The van der Waals surface area contributed by atoms with Gasteiger partial charge in [-0.15, -0.1) is 0 Å². The molecule has 1 saturated carbocycles. The van der Waals surface area contributed by atoms with Crippen LogP contribution in [0.4, 0.5) is 5.69 Å². The number of benzene rings is 1. The third-order valence-corrected chi connectivity index (χ3v) is 8.47. The second kappa shape index (κ2) is 16.9. The maximum absolute atomic E-state index is 13.0. The molecule has 2 amide bonds. The highest BCUT2D eigenvalue weighted by atomic mass is 35.5. The Hall–Kier alpha value is -3.03. The molecule has 0 aromatic heterocycles. The summed E-state index contributed by atoms with van der Waals surface area (Å²) in [6.45, 7) is 9.00. The lowest BCUT2D eigenvalue weighted by Crippen LogP contribution is -2.64. The van der Waals surface area contributed by atoms with E-state index in [0.29, 0.717) is 48.8 Å². The number of carbonyl (C=O) groups is 4. The third-order valence-electron chi connectivity index (χ3n) is 8.15. The van der Waals surface area contributed by atoms with Gasteiger partial charge in [0.2, 0.25) is 11.8 Å². The molecule has 1 aliphatic carbocycles. The Morgan fingerprint density at radius 2 is 1.66 bits per heavy atom. The monoisotopic (exact) mass is 638 g/mol. The average Bonchev–Trinajstić information content (AvgIpc) is 2.94. The highest BCUT2D eigenvalue weighted by Gasteiger charge is 2.40. The van der Waals surface area contributed by atoms with Crippen LogP contribution in [-0.4, -0.2) is 98.5 Å². The number of amides is 2. The van der Waals surface area contributed by atoms with E-state index in [1.54, 1.807) is 11.0 Å². The lowest BCUT2D eigenvalue weighted by molar-refractivity contribution is -0.134. The van der Waals surface area contributed by atoms with Gasteiger partial charge in [-0.3, -0.25) is 14.5 Å². The first-order chi connectivity index (χ1) is 20.5. The fourth-order valence-corrected chi connectivity index (χ4v) is 5.64. The molecule has 3 rings (SSSR count). The van der Waals surface area contributed by atoms with Crippen LogP contribution < -0.4 is 16.0 Å². The molecule has 1 aromatic carbocycles. The zero-order valence-electron chi connectivity index (χ0n) is 25.9. The number of nitrogens with zero attached hydrogens (tertiary/aromatic N) is 2. The zero-order valence-corrected chi connectivity index (χ0v) is 26.6. The number of hydrogen-bond donors (Lipinski definition) is 6. The number of aliphatic hydroxyl groups is 2. The number of aliphatic hydroxyl groups excluding tert-OH is 2. The van der Waals surface area contributed by atoms with E-state index in [9.17, 15) is 29.4 Å². The number of carboxylic acid groups (broad SMARTS) is 2. The summed E-state index contributed by atoms with van der Waals surface area (Å²) in [5.41, 5.74) is 6.75. The summed E-state index contributed by atoms with van der Waals surface area (Å²) in [7, 11) is 0. The van der Waals surface area contributed by atoms with Crippen LogP contribution in [0.3, 0.4) is 0 Å². The molecule has 7 N–H and O–H groups in total. The van der Waals surface area contributed by atoms with Crippen molar-refractivity contribution in [1.82, 2.24) is 10.2 Å². The first kappa shape index (κ1) is 37.2. The van der Waals surface area contributed by atoms with E-state index in [2.05, 4.69) is 5.32 Å². The predicted molar refractivity (Wildman–Crippen MR) is 167 cm³/mol. The van der Waals surface area contributed by atoms with Gasteiger partial charge in [0.1, 0.15) is 0 Å². The van der Waals surface area contributed by atoms with Crippen LogP contribution in [-0.2, 0) is 19.2 Å². The minimum Gasteiger partial charge on any atom is -0.478 e. The molecule has 246 valence electrons. The molecule has 1 aliphatic heterocycles. The van der Waals surface area contributed by atoms with Crippen LogP contribution in [0.5, 0.6) is 0 Å². The van der Waals surface area contributed by atoms with Gasteiger partial charge in [-0.1, -0.05) is 37.6 Å². The van der Waals surface area contributed by atoms with Crippen LogP contribution in [0.1, 0.15) is 59.8 Å². The molecule has 1 aromatic rings. The fourth-order valence-electron chi connectivity index (χ4n) is 5.40. The number of rotatable bonds is 11. The van der Waals surface area contributed by atoms with Crippen molar-refractivity contribution < 1.29 is 39.6 Å². The van der Waals surface area contributed by atoms with Gasteiger partial charge in [0.15, 0.2) is 0 Å². The van der Waals surface area contributed by atoms with Crippen molar-refractivity contribution >= 4 is 41.0 Å². The van der Waals surface area contributed by atoms with E-state index in [-0.39, 0.29) is 54.3 Å². The Bertz CT molecular complexity index is 1150. The molecule has 0 bridgehead atoms. The summed E-state index contributed by atoms with van der Waals surface area (Å²) in [5.74, 6) is -2.98. The number of hydrogen-bond acceptors (Lipinski definition) is 8.